The highest BCUT2D eigenvalue weighted by atomic mass is 16.5. The molecule has 2 aromatic carbocycles. The van der Waals surface area contributed by atoms with Crippen LogP contribution < -0.4 is 9.47 Å². The van der Waals surface area contributed by atoms with E-state index in [4.69, 9.17) is 14.2 Å². The van der Waals surface area contributed by atoms with Gasteiger partial charge in [-0.15, -0.1) is 0 Å². The summed E-state index contributed by atoms with van der Waals surface area (Å²) >= 11 is 0. The standard InChI is InChI=1S/C27H29NO6/c1-3-32-20-9-6-17(7-10-20)24-23(26(30)27(31)28(24)15-21-5-4-12-33-21)25(29)18-8-11-22-19(14-18)13-16(2)34-22/h6-11,14,16,21,24,29H,3-5,12-13,15H2,1-2H3/t16-,21+,24+/m1/s1. The predicted molar refractivity (Wildman–Crippen MR) is 126 cm³/mol. The van der Waals surface area contributed by atoms with Gasteiger partial charge in [0.05, 0.1) is 24.3 Å². The number of ether oxygens (including phenoxy) is 3. The number of benzene rings is 2. The van der Waals surface area contributed by atoms with Crippen LogP contribution in [-0.2, 0) is 20.7 Å². The summed E-state index contributed by atoms with van der Waals surface area (Å²) in [6, 6.07) is 12.0. The van der Waals surface area contributed by atoms with Gasteiger partial charge in [0, 0.05) is 25.1 Å². The highest BCUT2D eigenvalue weighted by Crippen LogP contribution is 2.41. The first-order valence-corrected chi connectivity index (χ1v) is 11.9. The van der Waals surface area contributed by atoms with Gasteiger partial charge in [-0.1, -0.05) is 12.1 Å². The lowest BCUT2D eigenvalue weighted by Crippen LogP contribution is -2.36. The molecule has 3 atom stereocenters. The van der Waals surface area contributed by atoms with Crippen molar-refractivity contribution in [1.29, 1.82) is 0 Å². The van der Waals surface area contributed by atoms with Crippen LogP contribution in [0.2, 0.25) is 0 Å². The maximum absolute atomic E-state index is 13.2. The van der Waals surface area contributed by atoms with Crippen molar-refractivity contribution < 1.29 is 28.9 Å². The van der Waals surface area contributed by atoms with Crippen molar-refractivity contribution in [1.82, 2.24) is 4.90 Å². The van der Waals surface area contributed by atoms with Crippen molar-refractivity contribution >= 4 is 17.4 Å². The van der Waals surface area contributed by atoms with Gasteiger partial charge in [0.2, 0.25) is 0 Å². The third kappa shape index (κ3) is 4.05. The second-order valence-corrected chi connectivity index (χ2v) is 9.04. The molecule has 2 saturated heterocycles. The van der Waals surface area contributed by atoms with E-state index in [1.165, 1.54) is 4.90 Å². The van der Waals surface area contributed by atoms with E-state index in [-0.39, 0.29) is 23.5 Å². The number of likely N-dealkylation sites (tertiary alicyclic amines) is 1. The van der Waals surface area contributed by atoms with Gasteiger partial charge >= 0.3 is 0 Å². The summed E-state index contributed by atoms with van der Waals surface area (Å²) in [5, 5.41) is 11.3. The van der Waals surface area contributed by atoms with Crippen LogP contribution in [0.4, 0.5) is 0 Å². The molecule has 34 heavy (non-hydrogen) atoms. The summed E-state index contributed by atoms with van der Waals surface area (Å²) in [7, 11) is 0. The molecule has 0 aliphatic carbocycles. The van der Waals surface area contributed by atoms with Gasteiger partial charge in [0.15, 0.2) is 0 Å². The first kappa shape index (κ1) is 22.5. The molecule has 0 unspecified atom stereocenters. The minimum atomic E-state index is -0.705. The molecular weight excluding hydrogens is 434 g/mol. The van der Waals surface area contributed by atoms with E-state index in [9.17, 15) is 14.7 Å². The Bertz CT molecular complexity index is 1130. The lowest BCUT2D eigenvalue weighted by atomic mass is 9.94. The van der Waals surface area contributed by atoms with Crippen LogP contribution in [0.5, 0.6) is 11.5 Å². The normalized spacial score (nSPS) is 25.5. The zero-order valence-corrected chi connectivity index (χ0v) is 19.5. The molecule has 0 radical (unpaired) electrons. The van der Waals surface area contributed by atoms with E-state index in [2.05, 4.69) is 0 Å². The maximum Gasteiger partial charge on any atom is 0.295 e. The van der Waals surface area contributed by atoms with E-state index in [0.717, 1.165) is 36.1 Å². The van der Waals surface area contributed by atoms with E-state index < -0.39 is 17.7 Å². The van der Waals surface area contributed by atoms with Crippen LogP contribution in [0.25, 0.3) is 5.76 Å². The molecule has 0 spiro atoms. The van der Waals surface area contributed by atoms with Crippen molar-refractivity contribution in [3.63, 3.8) is 0 Å². The van der Waals surface area contributed by atoms with Gasteiger partial charge in [0.25, 0.3) is 11.7 Å². The fraction of sp³-hybridized carbons (Fsp3) is 0.407. The van der Waals surface area contributed by atoms with Gasteiger partial charge in [-0.05, 0) is 68.1 Å². The Hall–Kier alpha value is -3.32. The highest BCUT2D eigenvalue weighted by Gasteiger charge is 2.47. The summed E-state index contributed by atoms with van der Waals surface area (Å²) in [6.07, 6.45) is 2.43. The Morgan fingerprint density at radius 1 is 1.18 bits per heavy atom. The molecule has 1 N–H and O–H groups in total. The lowest BCUT2D eigenvalue weighted by molar-refractivity contribution is -0.140. The number of rotatable bonds is 6. The van der Waals surface area contributed by atoms with Crippen LogP contribution >= 0.6 is 0 Å². The second kappa shape index (κ2) is 9.14. The van der Waals surface area contributed by atoms with Crippen molar-refractivity contribution in [2.45, 2.75) is 51.4 Å². The summed E-state index contributed by atoms with van der Waals surface area (Å²) in [5.41, 5.74) is 2.31. The summed E-state index contributed by atoms with van der Waals surface area (Å²) in [5.74, 6) is 0.0176. The van der Waals surface area contributed by atoms with Crippen molar-refractivity contribution in [2.24, 2.45) is 0 Å². The SMILES string of the molecule is CCOc1ccc([C@H]2C(=C(O)c3ccc4c(c3)C[C@@H](C)O4)C(=O)C(=O)N2C[C@@H]2CCCO2)cc1. The highest BCUT2D eigenvalue weighted by molar-refractivity contribution is 6.46. The Morgan fingerprint density at radius 2 is 1.97 bits per heavy atom. The van der Waals surface area contributed by atoms with Crippen LogP contribution in [0, 0.1) is 0 Å². The van der Waals surface area contributed by atoms with Crippen molar-refractivity contribution in [2.75, 3.05) is 19.8 Å². The van der Waals surface area contributed by atoms with E-state index >= 15 is 0 Å². The zero-order chi connectivity index (χ0) is 23.8. The van der Waals surface area contributed by atoms with E-state index in [1.54, 1.807) is 6.07 Å². The van der Waals surface area contributed by atoms with Crippen molar-refractivity contribution in [3.05, 3.63) is 64.7 Å². The molecule has 3 aliphatic heterocycles. The number of aliphatic hydroxyl groups is 1. The molecule has 5 rings (SSSR count). The third-order valence-corrected chi connectivity index (χ3v) is 6.64. The zero-order valence-electron chi connectivity index (χ0n) is 19.5. The van der Waals surface area contributed by atoms with Gasteiger partial charge in [-0.3, -0.25) is 9.59 Å². The molecule has 3 aliphatic rings. The van der Waals surface area contributed by atoms with E-state index in [1.807, 2.05) is 50.2 Å². The Balaban J connectivity index is 1.57. The minimum absolute atomic E-state index is 0.0632. The lowest BCUT2D eigenvalue weighted by Gasteiger charge is -2.27. The van der Waals surface area contributed by atoms with Gasteiger partial charge in [-0.25, -0.2) is 0 Å². The average Bonchev–Trinajstić information content (AvgIpc) is 3.53. The van der Waals surface area contributed by atoms with Crippen LogP contribution in [0.1, 0.15) is 49.4 Å². The Morgan fingerprint density at radius 3 is 2.68 bits per heavy atom. The molecule has 0 bridgehead atoms. The van der Waals surface area contributed by atoms with Crippen LogP contribution in [-0.4, -0.2) is 53.7 Å². The number of Topliss-reactive ketones (excluding diaryl/α,β-unsaturated/α-hetero) is 1. The quantitative estimate of drug-likeness (QED) is 0.396. The molecule has 7 nitrogen and oxygen atoms in total. The number of amides is 1. The van der Waals surface area contributed by atoms with Crippen LogP contribution in [0.15, 0.2) is 48.0 Å². The van der Waals surface area contributed by atoms with Crippen LogP contribution in [0.3, 0.4) is 0 Å². The molecule has 2 aromatic rings. The van der Waals surface area contributed by atoms with Gasteiger partial charge in [-0.2, -0.15) is 0 Å². The summed E-state index contributed by atoms with van der Waals surface area (Å²) in [4.78, 5) is 27.9. The van der Waals surface area contributed by atoms with Crippen molar-refractivity contribution in [3.8, 4) is 11.5 Å². The fourth-order valence-electron chi connectivity index (χ4n) is 5.06. The number of fused-ring (bicyclic) bond motifs is 1. The average molecular weight is 464 g/mol. The first-order valence-electron chi connectivity index (χ1n) is 11.9. The number of ketones is 1. The molecule has 0 aromatic heterocycles. The molecular formula is C27H29NO6. The number of hydrogen-bond donors (Lipinski definition) is 1. The predicted octanol–water partition coefficient (Wildman–Crippen LogP) is 4.01. The molecule has 0 saturated carbocycles. The number of nitrogens with zero attached hydrogens (tertiary/aromatic N) is 1. The van der Waals surface area contributed by atoms with Gasteiger partial charge < -0.3 is 24.2 Å². The number of carbonyl (C=O) groups excluding carboxylic acids is 2. The smallest absolute Gasteiger partial charge is 0.295 e. The summed E-state index contributed by atoms with van der Waals surface area (Å²) < 4.78 is 17.1. The first-order chi connectivity index (χ1) is 16.5. The molecule has 2 fully saturated rings. The fourth-order valence-corrected chi connectivity index (χ4v) is 5.06. The molecule has 1 amide bonds. The number of aliphatic hydroxyl groups excluding tert-OH is 1. The maximum atomic E-state index is 13.2. The largest absolute Gasteiger partial charge is 0.507 e. The number of hydrogen-bond acceptors (Lipinski definition) is 6. The molecule has 3 heterocycles. The topological polar surface area (TPSA) is 85.3 Å². The van der Waals surface area contributed by atoms with Gasteiger partial charge in [0.1, 0.15) is 23.4 Å². The second-order valence-electron chi connectivity index (χ2n) is 9.04. The summed E-state index contributed by atoms with van der Waals surface area (Å²) in [6.45, 7) is 5.39. The Labute approximate surface area is 198 Å². The monoisotopic (exact) mass is 463 g/mol. The Kier molecular flexibility index (Phi) is 6.04. The number of carbonyl (C=O) groups is 2. The third-order valence-electron chi connectivity index (χ3n) is 6.64. The molecule has 178 valence electrons. The minimum Gasteiger partial charge on any atom is -0.507 e. The molecule has 7 heteroatoms. The van der Waals surface area contributed by atoms with E-state index in [0.29, 0.717) is 31.1 Å².